The summed E-state index contributed by atoms with van der Waals surface area (Å²) in [5, 5.41) is 5.03. The molecular formula is C31H29Cl2N3O7. The van der Waals surface area contributed by atoms with E-state index in [1.54, 1.807) is 12.1 Å². The minimum absolute atomic E-state index is 0.0441. The zero-order valence-corrected chi connectivity index (χ0v) is 25.4. The van der Waals surface area contributed by atoms with Crippen LogP contribution in [0.4, 0.5) is 16.2 Å². The number of imide groups is 2. The SMILES string of the molecule is CCCOc1ccc(N2C(=O)NC(=O)/C(=C/c3cc(Cl)c(OCC(=O)Nc4ccc(C)cc4C)c(Cl)c3)C2=O)cc1OC. The second-order valence-electron chi connectivity index (χ2n) is 9.61. The van der Waals surface area contributed by atoms with Crippen molar-refractivity contribution in [2.45, 2.75) is 27.2 Å². The lowest BCUT2D eigenvalue weighted by molar-refractivity contribution is -0.122. The van der Waals surface area contributed by atoms with Crippen molar-refractivity contribution in [1.82, 2.24) is 5.32 Å². The maximum absolute atomic E-state index is 13.4. The highest BCUT2D eigenvalue weighted by atomic mass is 35.5. The van der Waals surface area contributed by atoms with E-state index in [9.17, 15) is 19.2 Å². The molecule has 1 saturated heterocycles. The molecule has 224 valence electrons. The van der Waals surface area contributed by atoms with E-state index in [0.29, 0.717) is 23.8 Å². The Kier molecular flexibility index (Phi) is 9.95. The third kappa shape index (κ3) is 7.28. The number of nitrogens with zero attached hydrogens (tertiary/aromatic N) is 1. The smallest absolute Gasteiger partial charge is 0.335 e. The number of hydrogen-bond donors (Lipinski definition) is 2. The molecule has 0 spiro atoms. The number of amides is 5. The first-order valence-electron chi connectivity index (χ1n) is 13.2. The van der Waals surface area contributed by atoms with Crippen LogP contribution in [-0.4, -0.2) is 44.1 Å². The molecule has 0 radical (unpaired) electrons. The zero-order chi connectivity index (χ0) is 31.3. The second kappa shape index (κ2) is 13.6. The summed E-state index contributed by atoms with van der Waals surface area (Å²) in [5.41, 5.74) is 2.75. The van der Waals surface area contributed by atoms with E-state index in [-0.39, 0.29) is 39.2 Å². The molecule has 0 unspecified atom stereocenters. The summed E-state index contributed by atoms with van der Waals surface area (Å²) in [7, 11) is 1.43. The Labute approximate surface area is 258 Å². The van der Waals surface area contributed by atoms with Crippen LogP contribution in [0, 0.1) is 13.8 Å². The molecule has 3 aromatic carbocycles. The summed E-state index contributed by atoms with van der Waals surface area (Å²) in [6, 6.07) is 12.1. The highest BCUT2D eigenvalue weighted by Crippen LogP contribution is 2.36. The zero-order valence-electron chi connectivity index (χ0n) is 23.9. The van der Waals surface area contributed by atoms with Gasteiger partial charge < -0.3 is 19.5 Å². The number of hydrogen-bond acceptors (Lipinski definition) is 7. The normalized spacial score (nSPS) is 14.0. The highest BCUT2D eigenvalue weighted by molar-refractivity contribution is 6.40. The molecule has 2 N–H and O–H groups in total. The number of methoxy groups -OCH3 is 1. The summed E-state index contributed by atoms with van der Waals surface area (Å²) >= 11 is 12.8. The lowest BCUT2D eigenvalue weighted by Crippen LogP contribution is -2.54. The van der Waals surface area contributed by atoms with E-state index in [4.69, 9.17) is 37.4 Å². The fourth-order valence-corrected chi connectivity index (χ4v) is 4.88. The molecule has 0 aliphatic carbocycles. The molecule has 0 saturated carbocycles. The molecule has 3 aromatic rings. The van der Waals surface area contributed by atoms with Gasteiger partial charge in [0.15, 0.2) is 23.9 Å². The van der Waals surface area contributed by atoms with Crippen molar-refractivity contribution in [2.24, 2.45) is 0 Å². The largest absolute Gasteiger partial charge is 0.493 e. The molecule has 12 heteroatoms. The van der Waals surface area contributed by atoms with Gasteiger partial charge in [-0.15, -0.1) is 0 Å². The van der Waals surface area contributed by atoms with Crippen molar-refractivity contribution in [3.05, 3.63) is 80.8 Å². The van der Waals surface area contributed by atoms with Gasteiger partial charge in [0.05, 0.1) is 29.4 Å². The molecule has 1 fully saturated rings. The minimum atomic E-state index is -0.921. The minimum Gasteiger partial charge on any atom is -0.493 e. The lowest BCUT2D eigenvalue weighted by atomic mass is 10.1. The number of urea groups is 1. The monoisotopic (exact) mass is 625 g/mol. The Morgan fingerprint density at radius 1 is 0.977 bits per heavy atom. The fourth-order valence-electron chi connectivity index (χ4n) is 4.26. The van der Waals surface area contributed by atoms with Crippen LogP contribution >= 0.6 is 23.2 Å². The predicted octanol–water partition coefficient (Wildman–Crippen LogP) is 6.09. The van der Waals surface area contributed by atoms with E-state index in [0.717, 1.165) is 22.4 Å². The average Bonchev–Trinajstić information content (AvgIpc) is 2.95. The number of halogens is 2. The first-order chi connectivity index (χ1) is 20.5. The van der Waals surface area contributed by atoms with Gasteiger partial charge in [-0.25, -0.2) is 9.69 Å². The molecule has 0 aromatic heterocycles. The van der Waals surface area contributed by atoms with Crippen molar-refractivity contribution in [3.63, 3.8) is 0 Å². The summed E-state index contributed by atoms with van der Waals surface area (Å²) < 4.78 is 16.6. The number of anilines is 2. The Morgan fingerprint density at radius 3 is 2.35 bits per heavy atom. The van der Waals surface area contributed by atoms with Crippen molar-refractivity contribution >= 4 is 64.4 Å². The molecule has 1 aliphatic heterocycles. The van der Waals surface area contributed by atoms with E-state index in [1.165, 1.54) is 37.5 Å². The maximum Gasteiger partial charge on any atom is 0.335 e. The van der Waals surface area contributed by atoms with E-state index in [1.807, 2.05) is 32.9 Å². The quantitative estimate of drug-likeness (QED) is 0.206. The highest BCUT2D eigenvalue weighted by Gasteiger charge is 2.37. The van der Waals surface area contributed by atoms with E-state index < -0.39 is 23.8 Å². The summed E-state index contributed by atoms with van der Waals surface area (Å²) in [6.07, 6.45) is 2.03. The van der Waals surface area contributed by atoms with Crippen LogP contribution in [0.5, 0.6) is 17.2 Å². The third-order valence-electron chi connectivity index (χ3n) is 6.30. The van der Waals surface area contributed by atoms with E-state index in [2.05, 4.69) is 10.6 Å². The summed E-state index contributed by atoms with van der Waals surface area (Å²) in [6.45, 7) is 5.88. The molecule has 4 rings (SSSR count). The summed E-state index contributed by atoms with van der Waals surface area (Å²) in [5.74, 6) is -1.37. The van der Waals surface area contributed by atoms with Gasteiger partial charge in [0, 0.05) is 11.8 Å². The van der Waals surface area contributed by atoms with Crippen LogP contribution in [0.25, 0.3) is 6.08 Å². The Hall–Kier alpha value is -4.54. The van der Waals surface area contributed by atoms with Gasteiger partial charge in [-0.05, 0) is 67.8 Å². The topological polar surface area (TPSA) is 123 Å². The molecule has 1 heterocycles. The van der Waals surface area contributed by atoms with Crippen molar-refractivity contribution in [2.75, 3.05) is 30.5 Å². The molecule has 1 aliphatic rings. The number of benzene rings is 3. The molecular weight excluding hydrogens is 597 g/mol. The predicted molar refractivity (Wildman–Crippen MR) is 164 cm³/mol. The van der Waals surface area contributed by atoms with Crippen LogP contribution in [0.1, 0.15) is 30.0 Å². The third-order valence-corrected chi connectivity index (χ3v) is 6.87. The van der Waals surface area contributed by atoms with Crippen molar-refractivity contribution in [3.8, 4) is 17.2 Å². The van der Waals surface area contributed by atoms with Crippen LogP contribution in [0.3, 0.4) is 0 Å². The van der Waals surface area contributed by atoms with Crippen LogP contribution in [0.2, 0.25) is 10.0 Å². The van der Waals surface area contributed by atoms with Crippen molar-refractivity contribution in [1.29, 1.82) is 0 Å². The average molecular weight is 626 g/mol. The lowest BCUT2D eigenvalue weighted by Gasteiger charge is -2.27. The molecule has 5 amide bonds. The van der Waals surface area contributed by atoms with Crippen molar-refractivity contribution < 1.29 is 33.4 Å². The molecule has 43 heavy (non-hydrogen) atoms. The molecule has 0 bridgehead atoms. The Morgan fingerprint density at radius 2 is 1.70 bits per heavy atom. The van der Waals surface area contributed by atoms with Gasteiger partial charge in [-0.2, -0.15) is 0 Å². The number of carbonyl (C=O) groups excluding carboxylic acids is 4. The fraction of sp³-hybridized carbons (Fsp3) is 0.226. The number of ether oxygens (including phenoxy) is 3. The standard InChI is InChI=1S/C31H29Cl2N3O7/c1-5-10-42-25-9-7-20(15-26(25)41-4)36-30(39)21(29(38)35-31(36)40)12-19-13-22(32)28(23(33)14-19)43-16-27(37)34-24-8-6-17(2)11-18(24)3/h6-9,11-15H,5,10,16H2,1-4H3,(H,34,37)(H,35,38,40)/b21-12-. The van der Waals surface area contributed by atoms with E-state index >= 15 is 0 Å². The van der Waals surface area contributed by atoms with Crippen LogP contribution in [-0.2, 0) is 14.4 Å². The second-order valence-corrected chi connectivity index (χ2v) is 10.4. The number of barbiturate groups is 1. The van der Waals surface area contributed by atoms with Gasteiger partial charge in [0.1, 0.15) is 5.57 Å². The molecule has 10 nitrogen and oxygen atoms in total. The van der Waals surface area contributed by atoms with Gasteiger partial charge in [0.2, 0.25) is 0 Å². The van der Waals surface area contributed by atoms with Gasteiger partial charge >= 0.3 is 6.03 Å². The van der Waals surface area contributed by atoms with Crippen LogP contribution in [0.15, 0.2) is 54.1 Å². The Balaban J connectivity index is 1.53. The van der Waals surface area contributed by atoms with Gasteiger partial charge in [-0.1, -0.05) is 47.8 Å². The van der Waals surface area contributed by atoms with Gasteiger partial charge in [-0.3, -0.25) is 19.7 Å². The first-order valence-corrected chi connectivity index (χ1v) is 14.0. The Bertz CT molecular complexity index is 1610. The first kappa shape index (κ1) is 31.4. The van der Waals surface area contributed by atoms with Crippen LogP contribution < -0.4 is 29.7 Å². The summed E-state index contributed by atoms with van der Waals surface area (Å²) in [4.78, 5) is 52.0. The molecule has 0 atom stereocenters. The maximum atomic E-state index is 13.4. The number of nitrogens with one attached hydrogen (secondary N) is 2. The number of aryl methyl sites for hydroxylation is 2. The number of rotatable bonds is 10. The number of carbonyl (C=O) groups is 4. The van der Waals surface area contributed by atoms with Gasteiger partial charge in [0.25, 0.3) is 17.7 Å².